The van der Waals surface area contributed by atoms with Gasteiger partial charge in [-0.05, 0) is 12.3 Å². The van der Waals surface area contributed by atoms with Gasteiger partial charge in [-0.15, -0.1) is 6.58 Å². The Morgan fingerprint density at radius 3 is 2.22 bits per heavy atom. The molecule has 0 aliphatic carbocycles. The predicted molar refractivity (Wildman–Crippen MR) is 36.8 cm³/mol. The molecule has 2 heteroatoms. The molecule has 0 rings (SSSR count). The molecule has 0 aromatic rings. The van der Waals surface area contributed by atoms with Crippen molar-refractivity contribution in [3.63, 3.8) is 0 Å². The maximum absolute atomic E-state index is 8.49. The second-order valence-corrected chi connectivity index (χ2v) is 2.12. The second kappa shape index (κ2) is 4.53. The Labute approximate surface area is 55.8 Å². The maximum atomic E-state index is 8.49. The largest absolute Gasteiger partial charge is 0.368 e. The van der Waals surface area contributed by atoms with Crippen LogP contribution in [0.25, 0.3) is 0 Å². The van der Waals surface area contributed by atoms with E-state index >= 15 is 0 Å². The number of hydrogen-bond acceptors (Lipinski definition) is 2. The van der Waals surface area contributed by atoms with Crippen molar-refractivity contribution in [3.05, 3.63) is 12.7 Å². The van der Waals surface area contributed by atoms with Gasteiger partial charge in [0.05, 0.1) is 0 Å². The molecule has 0 fully saturated rings. The lowest BCUT2D eigenvalue weighted by atomic mass is 10.0. The Kier molecular flexibility index (Phi) is 4.36. The highest BCUT2D eigenvalue weighted by Crippen LogP contribution is 2.09. The molecule has 2 nitrogen and oxygen atoms in total. The van der Waals surface area contributed by atoms with E-state index < -0.39 is 6.29 Å². The molecule has 2 N–H and O–H groups in total. The lowest BCUT2D eigenvalue weighted by Crippen LogP contribution is -2.09. The highest BCUT2D eigenvalue weighted by Gasteiger charge is 2.05. The van der Waals surface area contributed by atoms with E-state index in [0.29, 0.717) is 6.42 Å². The minimum atomic E-state index is -1.19. The van der Waals surface area contributed by atoms with Crippen LogP contribution >= 0.6 is 0 Å². The lowest BCUT2D eigenvalue weighted by molar-refractivity contribution is -0.0524. The van der Waals surface area contributed by atoms with Gasteiger partial charge in [0.2, 0.25) is 0 Å². The van der Waals surface area contributed by atoms with Crippen LogP contribution in [-0.4, -0.2) is 16.5 Å². The van der Waals surface area contributed by atoms with E-state index in [9.17, 15) is 0 Å². The van der Waals surface area contributed by atoms with E-state index in [0.717, 1.165) is 6.42 Å². The number of aliphatic hydroxyl groups is 2. The highest BCUT2D eigenvalue weighted by molar-refractivity contribution is 4.77. The molecule has 0 aliphatic rings. The van der Waals surface area contributed by atoms with Gasteiger partial charge in [0.25, 0.3) is 0 Å². The number of aliphatic hydroxyl groups excluding tert-OH is 1. The molecule has 0 aromatic heterocycles. The third kappa shape index (κ3) is 4.18. The van der Waals surface area contributed by atoms with Gasteiger partial charge < -0.3 is 10.2 Å². The zero-order valence-corrected chi connectivity index (χ0v) is 5.75. The SMILES string of the molecule is C=CC(CC)CC(O)O. The van der Waals surface area contributed by atoms with Crippen LogP contribution in [0, 0.1) is 5.92 Å². The second-order valence-electron chi connectivity index (χ2n) is 2.12. The van der Waals surface area contributed by atoms with Crippen molar-refractivity contribution < 1.29 is 10.2 Å². The van der Waals surface area contributed by atoms with Crippen molar-refractivity contribution in [3.8, 4) is 0 Å². The molecule has 0 spiro atoms. The summed E-state index contributed by atoms with van der Waals surface area (Å²) in [5, 5.41) is 17.0. The summed E-state index contributed by atoms with van der Waals surface area (Å²) in [7, 11) is 0. The van der Waals surface area contributed by atoms with Gasteiger partial charge in [0.1, 0.15) is 0 Å². The Hall–Kier alpha value is -0.340. The summed E-state index contributed by atoms with van der Waals surface area (Å²) in [6.07, 6.45) is 1.88. The summed E-state index contributed by atoms with van der Waals surface area (Å²) in [5.74, 6) is 0.241. The smallest absolute Gasteiger partial charge is 0.152 e. The topological polar surface area (TPSA) is 40.5 Å². The summed E-state index contributed by atoms with van der Waals surface area (Å²) in [6, 6.07) is 0. The third-order valence-corrected chi connectivity index (χ3v) is 1.37. The lowest BCUT2D eigenvalue weighted by Gasteiger charge is -2.09. The van der Waals surface area contributed by atoms with Crippen molar-refractivity contribution >= 4 is 0 Å². The number of rotatable bonds is 4. The first-order valence-electron chi connectivity index (χ1n) is 3.19. The molecule has 0 aromatic carbocycles. The van der Waals surface area contributed by atoms with Crippen molar-refractivity contribution in [1.82, 2.24) is 0 Å². The van der Waals surface area contributed by atoms with Crippen molar-refractivity contribution in [2.45, 2.75) is 26.1 Å². The Balaban J connectivity index is 3.42. The van der Waals surface area contributed by atoms with Crippen LogP contribution < -0.4 is 0 Å². The van der Waals surface area contributed by atoms with Crippen LogP contribution in [0.1, 0.15) is 19.8 Å². The van der Waals surface area contributed by atoms with Crippen LogP contribution in [0.4, 0.5) is 0 Å². The molecule has 0 amide bonds. The molecule has 54 valence electrons. The highest BCUT2D eigenvalue weighted by atomic mass is 16.5. The van der Waals surface area contributed by atoms with Gasteiger partial charge in [-0.2, -0.15) is 0 Å². The van der Waals surface area contributed by atoms with Crippen LogP contribution in [0.15, 0.2) is 12.7 Å². The molecular weight excluding hydrogens is 116 g/mol. The quantitative estimate of drug-likeness (QED) is 0.438. The molecule has 0 saturated heterocycles. The number of hydrogen-bond donors (Lipinski definition) is 2. The van der Waals surface area contributed by atoms with Gasteiger partial charge in [0.15, 0.2) is 6.29 Å². The first kappa shape index (κ1) is 8.66. The molecule has 0 bridgehead atoms. The monoisotopic (exact) mass is 130 g/mol. The van der Waals surface area contributed by atoms with Gasteiger partial charge in [0, 0.05) is 6.42 Å². The fraction of sp³-hybridized carbons (Fsp3) is 0.714. The van der Waals surface area contributed by atoms with Crippen molar-refractivity contribution in [2.75, 3.05) is 0 Å². The summed E-state index contributed by atoms with van der Waals surface area (Å²) in [6.45, 7) is 5.56. The molecule has 9 heavy (non-hydrogen) atoms. The van der Waals surface area contributed by atoms with Crippen LogP contribution in [0.3, 0.4) is 0 Å². The molecule has 0 aliphatic heterocycles. The van der Waals surface area contributed by atoms with Crippen LogP contribution in [-0.2, 0) is 0 Å². The average molecular weight is 130 g/mol. The average Bonchev–Trinajstić information content (AvgIpc) is 1.82. The van der Waals surface area contributed by atoms with Crippen molar-refractivity contribution in [2.24, 2.45) is 5.92 Å². The minimum absolute atomic E-state index is 0.241. The van der Waals surface area contributed by atoms with Crippen LogP contribution in [0.5, 0.6) is 0 Å². The zero-order valence-electron chi connectivity index (χ0n) is 5.75. The normalized spacial score (nSPS) is 13.8. The summed E-state index contributed by atoms with van der Waals surface area (Å²) in [4.78, 5) is 0. The van der Waals surface area contributed by atoms with E-state index in [4.69, 9.17) is 10.2 Å². The minimum Gasteiger partial charge on any atom is -0.368 e. The first-order valence-corrected chi connectivity index (χ1v) is 3.19. The van der Waals surface area contributed by atoms with Gasteiger partial charge >= 0.3 is 0 Å². The first-order chi connectivity index (χ1) is 4.20. The molecule has 0 heterocycles. The fourth-order valence-corrected chi connectivity index (χ4v) is 0.700. The van der Waals surface area contributed by atoms with Crippen molar-refractivity contribution in [1.29, 1.82) is 0 Å². The van der Waals surface area contributed by atoms with E-state index in [1.54, 1.807) is 6.08 Å². The van der Waals surface area contributed by atoms with Gasteiger partial charge in [-0.25, -0.2) is 0 Å². The Morgan fingerprint density at radius 1 is 1.56 bits per heavy atom. The maximum Gasteiger partial charge on any atom is 0.152 e. The van der Waals surface area contributed by atoms with E-state index in [-0.39, 0.29) is 5.92 Å². The zero-order chi connectivity index (χ0) is 7.28. The Morgan fingerprint density at radius 2 is 2.11 bits per heavy atom. The molecule has 0 radical (unpaired) electrons. The number of allylic oxidation sites excluding steroid dienone is 1. The molecule has 1 atom stereocenters. The van der Waals surface area contributed by atoms with Gasteiger partial charge in [-0.1, -0.05) is 13.0 Å². The molecular formula is C7H14O2. The standard InChI is InChI=1S/C7H14O2/c1-3-6(4-2)5-7(8)9/h3,6-9H,1,4-5H2,2H3. The molecule has 0 saturated carbocycles. The van der Waals surface area contributed by atoms with E-state index in [1.807, 2.05) is 6.92 Å². The summed E-state index contributed by atoms with van der Waals surface area (Å²) >= 11 is 0. The van der Waals surface area contributed by atoms with E-state index in [2.05, 4.69) is 6.58 Å². The van der Waals surface area contributed by atoms with Crippen LogP contribution in [0.2, 0.25) is 0 Å². The Bertz CT molecular complexity index is 79.0. The summed E-state index contributed by atoms with van der Waals surface area (Å²) in [5.41, 5.74) is 0. The third-order valence-electron chi connectivity index (χ3n) is 1.37. The predicted octanol–water partition coefficient (Wildman–Crippen LogP) is 0.899. The summed E-state index contributed by atoms with van der Waals surface area (Å²) < 4.78 is 0. The van der Waals surface area contributed by atoms with E-state index in [1.165, 1.54) is 0 Å². The molecule has 1 unspecified atom stereocenters. The van der Waals surface area contributed by atoms with Gasteiger partial charge in [-0.3, -0.25) is 0 Å². The fourth-order valence-electron chi connectivity index (χ4n) is 0.700.